The third-order valence-corrected chi connectivity index (χ3v) is 8.48. The second-order valence-corrected chi connectivity index (χ2v) is 11.6. The minimum atomic E-state index is -0.510. The molecule has 0 saturated heterocycles. The Bertz CT molecular complexity index is 1730. The Kier molecular flexibility index (Phi) is 12.7. The third kappa shape index (κ3) is 8.67. The molecule has 0 bridgehead atoms. The van der Waals surface area contributed by atoms with E-state index < -0.39 is 6.04 Å². The number of nitrogens with one attached hydrogen (secondary N) is 1. The highest BCUT2D eigenvalue weighted by molar-refractivity contribution is 6.32. The molecule has 47 heavy (non-hydrogen) atoms. The highest BCUT2D eigenvalue weighted by Gasteiger charge is 2.19. The maximum Gasteiger partial charge on any atom is 0.254 e. The van der Waals surface area contributed by atoms with Crippen LogP contribution in [0.4, 0.5) is 0 Å². The van der Waals surface area contributed by atoms with Crippen molar-refractivity contribution in [2.24, 2.45) is 0 Å². The molecule has 0 saturated carbocycles. The Hall–Kier alpha value is -4.46. The molecule has 4 rings (SSSR count). The number of carbonyl (C=O) groups is 1. The van der Waals surface area contributed by atoms with Crippen LogP contribution in [0.15, 0.2) is 67.0 Å². The fourth-order valence-electron chi connectivity index (χ4n) is 5.32. The molecule has 3 N–H and O–H groups in total. The molecule has 1 heterocycles. The van der Waals surface area contributed by atoms with Crippen molar-refractivity contribution in [3.8, 4) is 28.7 Å². The van der Waals surface area contributed by atoms with Gasteiger partial charge in [0.15, 0.2) is 0 Å². The number of aliphatic hydroxyl groups is 2. The molecule has 246 valence electrons. The SMILES string of the molecule is CCN(CC)C(=O)c1cccc(-c2cccc(COc3cc(OCc4cncc(C#N)c4)c(CNC(CO)CO)cc3Cl)c2C)c1C. The van der Waals surface area contributed by atoms with Crippen molar-refractivity contribution >= 4 is 17.5 Å². The molecule has 0 atom stereocenters. The highest BCUT2D eigenvalue weighted by Crippen LogP contribution is 2.35. The van der Waals surface area contributed by atoms with Gasteiger partial charge in [-0.2, -0.15) is 5.26 Å². The van der Waals surface area contributed by atoms with Crippen molar-refractivity contribution in [1.29, 1.82) is 5.26 Å². The largest absolute Gasteiger partial charge is 0.488 e. The summed E-state index contributed by atoms with van der Waals surface area (Å²) < 4.78 is 12.4. The molecule has 9 nitrogen and oxygen atoms in total. The molecule has 0 aliphatic carbocycles. The summed E-state index contributed by atoms with van der Waals surface area (Å²) in [6, 6.07) is 18.6. The van der Waals surface area contributed by atoms with Crippen LogP contribution >= 0.6 is 11.6 Å². The lowest BCUT2D eigenvalue weighted by molar-refractivity contribution is 0.0772. The first-order valence-electron chi connectivity index (χ1n) is 15.6. The number of carbonyl (C=O) groups excluding carboxylic acids is 1. The van der Waals surface area contributed by atoms with Gasteiger partial charge in [0.05, 0.1) is 29.8 Å². The second kappa shape index (κ2) is 16.9. The first-order chi connectivity index (χ1) is 22.7. The lowest BCUT2D eigenvalue weighted by atomic mass is 9.91. The lowest BCUT2D eigenvalue weighted by Gasteiger charge is -2.21. The van der Waals surface area contributed by atoms with Crippen LogP contribution in [0.5, 0.6) is 11.5 Å². The fourth-order valence-corrected chi connectivity index (χ4v) is 5.56. The van der Waals surface area contributed by atoms with E-state index in [4.69, 9.17) is 21.1 Å². The number of hydrogen-bond acceptors (Lipinski definition) is 8. The van der Waals surface area contributed by atoms with Crippen LogP contribution in [0.3, 0.4) is 0 Å². The average molecular weight is 657 g/mol. The maximum absolute atomic E-state index is 13.2. The van der Waals surface area contributed by atoms with Crippen LogP contribution in [0.1, 0.15) is 57.6 Å². The quantitative estimate of drug-likeness (QED) is 0.143. The summed E-state index contributed by atoms with van der Waals surface area (Å²) in [5.41, 5.74) is 7.47. The standard InChI is InChI=1S/C37H41ClN4O5/c1-5-42(6-2)37(45)33-12-8-11-32(25(33)4)31-10-7-9-28(24(31)3)23-47-36-15-35(46-22-27-13-26(16-39)17-40-18-27)29(14-34(36)38)19-41-30(20-43)21-44/h7-15,17-18,30,41,43-44H,5-6,19-23H2,1-4H3. The first kappa shape index (κ1) is 35.4. The second-order valence-electron chi connectivity index (χ2n) is 11.1. The Morgan fingerprint density at radius 1 is 0.936 bits per heavy atom. The molecule has 0 fully saturated rings. The summed E-state index contributed by atoms with van der Waals surface area (Å²) in [4.78, 5) is 19.1. The van der Waals surface area contributed by atoms with E-state index in [-0.39, 0.29) is 38.9 Å². The van der Waals surface area contributed by atoms with Gasteiger partial charge in [0, 0.05) is 54.8 Å². The molecule has 3 aromatic carbocycles. The molecular formula is C37H41ClN4O5. The Labute approximate surface area is 281 Å². The van der Waals surface area contributed by atoms with Crippen LogP contribution in [-0.4, -0.2) is 58.3 Å². The Morgan fingerprint density at radius 3 is 2.30 bits per heavy atom. The number of benzene rings is 3. The highest BCUT2D eigenvalue weighted by atomic mass is 35.5. The molecule has 1 amide bonds. The van der Waals surface area contributed by atoms with Gasteiger partial charge in [-0.3, -0.25) is 9.78 Å². The molecular weight excluding hydrogens is 616 g/mol. The van der Waals surface area contributed by atoms with Crippen molar-refractivity contribution in [2.45, 2.75) is 53.5 Å². The van der Waals surface area contributed by atoms with E-state index in [1.165, 1.54) is 6.20 Å². The minimum Gasteiger partial charge on any atom is -0.488 e. The van der Waals surface area contributed by atoms with Crippen LogP contribution in [-0.2, 0) is 19.8 Å². The van der Waals surface area contributed by atoms with E-state index in [0.29, 0.717) is 46.3 Å². The zero-order valence-electron chi connectivity index (χ0n) is 27.2. The first-order valence-corrected chi connectivity index (χ1v) is 16.0. The Balaban J connectivity index is 1.60. The molecule has 0 aliphatic rings. The monoisotopic (exact) mass is 656 g/mol. The van der Waals surface area contributed by atoms with E-state index in [0.717, 1.165) is 33.4 Å². The number of rotatable bonds is 15. The summed E-state index contributed by atoms with van der Waals surface area (Å²) in [5.74, 6) is 0.933. The fraction of sp³-hybridized carbons (Fsp3) is 0.324. The molecule has 4 aromatic rings. The van der Waals surface area contributed by atoms with Gasteiger partial charge in [0.1, 0.15) is 30.8 Å². The maximum atomic E-state index is 13.2. The van der Waals surface area contributed by atoms with Gasteiger partial charge in [-0.1, -0.05) is 41.9 Å². The number of aliphatic hydroxyl groups excluding tert-OH is 2. The number of amides is 1. The van der Waals surface area contributed by atoms with Crippen molar-refractivity contribution < 1.29 is 24.5 Å². The summed E-state index contributed by atoms with van der Waals surface area (Å²) in [6.07, 6.45) is 3.12. The summed E-state index contributed by atoms with van der Waals surface area (Å²) in [7, 11) is 0. The van der Waals surface area contributed by atoms with Crippen LogP contribution in [0.2, 0.25) is 5.02 Å². The van der Waals surface area contributed by atoms with E-state index in [1.807, 2.05) is 62.9 Å². The van der Waals surface area contributed by atoms with Crippen molar-refractivity contribution in [1.82, 2.24) is 15.2 Å². The predicted octanol–water partition coefficient (Wildman–Crippen LogP) is 5.97. The minimum absolute atomic E-state index is 0.0232. The topological polar surface area (TPSA) is 128 Å². The van der Waals surface area contributed by atoms with E-state index >= 15 is 0 Å². The number of halogens is 1. The smallest absolute Gasteiger partial charge is 0.254 e. The summed E-state index contributed by atoms with van der Waals surface area (Å²) in [5, 5.41) is 31.7. The van der Waals surface area contributed by atoms with Crippen LogP contribution in [0, 0.1) is 25.2 Å². The molecule has 0 radical (unpaired) electrons. The number of ether oxygens (including phenoxy) is 2. The summed E-state index contributed by atoms with van der Waals surface area (Å²) in [6.45, 7) is 9.48. The lowest BCUT2D eigenvalue weighted by Crippen LogP contribution is -2.35. The molecule has 0 aliphatic heterocycles. The van der Waals surface area contributed by atoms with Crippen molar-refractivity contribution in [2.75, 3.05) is 26.3 Å². The van der Waals surface area contributed by atoms with Crippen LogP contribution < -0.4 is 14.8 Å². The zero-order chi connectivity index (χ0) is 33.9. The number of nitriles is 1. The van der Waals surface area contributed by atoms with Crippen molar-refractivity contribution in [3.05, 3.63) is 111 Å². The van der Waals surface area contributed by atoms with E-state index in [2.05, 4.69) is 22.4 Å². The van der Waals surface area contributed by atoms with Gasteiger partial charge in [0.25, 0.3) is 5.91 Å². The number of hydrogen-bond donors (Lipinski definition) is 3. The van der Waals surface area contributed by atoms with Gasteiger partial charge in [-0.05, 0) is 73.7 Å². The normalized spacial score (nSPS) is 11.0. The van der Waals surface area contributed by atoms with Gasteiger partial charge < -0.3 is 29.9 Å². The summed E-state index contributed by atoms with van der Waals surface area (Å²) >= 11 is 6.70. The zero-order valence-corrected chi connectivity index (χ0v) is 28.0. The van der Waals surface area contributed by atoms with Gasteiger partial charge >= 0.3 is 0 Å². The van der Waals surface area contributed by atoms with E-state index in [1.54, 1.807) is 24.4 Å². The number of pyridine rings is 1. The molecule has 0 spiro atoms. The van der Waals surface area contributed by atoms with Gasteiger partial charge in [0.2, 0.25) is 0 Å². The number of aromatic nitrogens is 1. The molecule has 1 aromatic heterocycles. The third-order valence-electron chi connectivity index (χ3n) is 8.19. The van der Waals surface area contributed by atoms with E-state index in [9.17, 15) is 20.3 Å². The molecule has 10 heteroatoms. The number of nitrogens with zero attached hydrogens (tertiary/aromatic N) is 3. The Morgan fingerprint density at radius 2 is 1.62 bits per heavy atom. The van der Waals surface area contributed by atoms with Crippen molar-refractivity contribution in [3.63, 3.8) is 0 Å². The van der Waals surface area contributed by atoms with Gasteiger partial charge in [-0.15, -0.1) is 0 Å². The van der Waals surface area contributed by atoms with Gasteiger partial charge in [-0.25, -0.2) is 0 Å². The average Bonchev–Trinajstić information content (AvgIpc) is 3.09. The molecule has 0 unspecified atom stereocenters. The van der Waals surface area contributed by atoms with Crippen LogP contribution in [0.25, 0.3) is 11.1 Å². The predicted molar refractivity (Wildman–Crippen MR) is 182 cm³/mol.